The van der Waals surface area contributed by atoms with Crippen molar-refractivity contribution < 1.29 is 34.1 Å². The number of carboxylic acid groups (broad SMARTS) is 1. The number of carboxylic acids is 1. The van der Waals surface area contributed by atoms with Crippen LogP contribution in [0.3, 0.4) is 0 Å². The summed E-state index contributed by atoms with van der Waals surface area (Å²) in [6.45, 7) is 15.5. The Hall–Kier alpha value is -4.50. The number of nitrogens with zero attached hydrogens (tertiary/aromatic N) is 2. The fourth-order valence-electron chi connectivity index (χ4n) is 8.83. The summed E-state index contributed by atoms with van der Waals surface area (Å²) < 4.78 is 5.35. The van der Waals surface area contributed by atoms with Gasteiger partial charge in [0.25, 0.3) is 17.7 Å². The van der Waals surface area contributed by atoms with E-state index in [9.17, 15) is 24.3 Å². The summed E-state index contributed by atoms with van der Waals surface area (Å²) in [6, 6.07) is 26.0. The van der Waals surface area contributed by atoms with E-state index in [1.807, 2.05) is 62.1 Å². The van der Waals surface area contributed by atoms with E-state index in [2.05, 4.69) is 48.7 Å². The second kappa shape index (κ2) is 33.2. The Morgan fingerprint density at radius 1 is 0.681 bits per heavy atom. The molecule has 1 fully saturated rings. The van der Waals surface area contributed by atoms with Crippen LogP contribution in [0.1, 0.15) is 162 Å². The minimum atomic E-state index is -1.00. The Morgan fingerprint density at radius 3 is 1.71 bits per heavy atom. The number of halogens is 2. The molecule has 0 saturated heterocycles. The molecule has 4 aromatic carbocycles. The summed E-state index contributed by atoms with van der Waals surface area (Å²) in [5, 5.41) is 27.0. The van der Waals surface area contributed by atoms with Crippen molar-refractivity contribution in [3.63, 3.8) is 0 Å². The van der Waals surface area contributed by atoms with Crippen LogP contribution >= 0.6 is 36.4 Å². The van der Waals surface area contributed by atoms with Gasteiger partial charge >= 0.3 is 5.97 Å². The number of carbonyl (C=O) groups excluding carboxylic acids is 3. The predicted octanol–water partition coefficient (Wildman–Crippen LogP) is 11.5. The summed E-state index contributed by atoms with van der Waals surface area (Å²) in [6.07, 6.45) is 10.8. The van der Waals surface area contributed by atoms with E-state index < -0.39 is 18.1 Å². The van der Waals surface area contributed by atoms with E-state index in [4.69, 9.17) is 9.84 Å². The average molecular weight is 1090 g/mol. The molecule has 0 bridgehead atoms. The lowest BCUT2D eigenvalue weighted by atomic mass is 9.84. The van der Waals surface area contributed by atoms with Crippen molar-refractivity contribution in [3.05, 3.63) is 135 Å². The van der Waals surface area contributed by atoms with Crippen LogP contribution in [0.5, 0.6) is 5.75 Å². The molecular formula is C56H82ClIN4O7. The molecule has 2 atom stereocenters. The number of hydrogen-bond acceptors (Lipinski definition) is 7. The SMILES string of the molecule is C.CCCN(CCC)C(=O)c1cc(C)cc(C(=O)NC(Cc2cccc(CC3CCCCC3)c2)[C@H](O)CNCc2cccc(OC)c2)c1.CCCN(CCC)C(=O)c1cc(C)cc(C(=O)O)c1.Cl.I. The predicted molar refractivity (Wildman–Crippen MR) is 294 cm³/mol. The van der Waals surface area contributed by atoms with Gasteiger partial charge in [0.1, 0.15) is 5.75 Å². The van der Waals surface area contributed by atoms with Gasteiger partial charge in [0.05, 0.1) is 24.8 Å². The van der Waals surface area contributed by atoms with Crippen molar-refractivity contribution in [2.75, 3.05) is 39.8 Å². The first-order valence-electron chi connectivity index (χ1n) is 24.2. The number of hydrogen-bond donors (Lipinski definition) is 4. The Kier molecular flexibility index (Phi) is 30.0. The second-order valence-corrected chi connectivity index (χ2v) is 17.9. The molecule has 0 radical (unpaired) electrons. The van der Waals surface area contributed by atoms with Gasteiger partial charge in [-0.25, -0.2) is 4.79 Å². The summed E-state index contributed by atoms with van der Waals surface area (Å²) in [5.41, 5.74) is 6.65. The molecule has 1 saturated carbocycles. The van der Waals surface area contributed by atoms with Gasteiger partial charge in [0.15, 0.2) is 0 Å². The maximum Gasteiger partial charge on any atom is 0.335 e. The molecule has 0 heterocycles. The summed E-state index contributed by atoms with van der Waals surface area (Å²) >= 11 is 0. The lowest BCUT2D eigenvalue weighted by Crippen LogP contribution is -2.48. The van der Waals surface area contributed by atoms with Gasteiger partial charge in [-0.3, -0.25) is 14.4 Å². The lowest BCUT2D eigenvalue weighted by Gasteiger charge is -2.26. The van der Waals surface area contributed by atoms with Crippen LogP contribution in [0.4, 0.5) is 0 Å². The van der Waals surface area contributed by atoms with Crippen molar-refractivity contribution in [1.29, 1.82) is 0 Å². The number of carbonyl (C=O) groups is 4. The Labute approximate surface area is 437 Å². The molecule has 1 aliphatic rings. The van der Waals surface area contributed by atoms with Crippen LogP contribution in [-0.2, 0) is 19.4 Å². The Morgan fingerprint density at radius 2 is 1.17 bits per heavy atom. The van der Waals surface area contributed by atoms with Gasteiger partial charge in [-0.05, 0) is 135 Å². The van der Waals surface area contributed by atoms with Crippen molar-refractivity contribution in [1.82, 2.24) is 20.4 Å². The number of nitrogens with one attached hydrogen (secondary N) is 2. The monoisotopic (exact) mass is 1080 g/mol. The van der Waals surface area contributed by atoms with E-state index >= 15 is 0 Å². The zero-order chi connectivity index (χ0) is 48.0. The first-order chi connectivity index (χ1) is 31.8. The number of aliphatic hydroxyl groups excluding tert-OH is 1. The average Bonchev–Trinajstić information content (AvgIpc) is 3.31. The first kappa shape index (κ1) is 62.5. The second-order valence-electron chi connectivity index (χ2n) is 17.9. The maximum atomic E-state index is 13.8. The van der Waals surface area contributed by atoms with Gasteiger partial charge < -0.3 is 35.4 Å². The van der Waals surface area contributed by atoms with Gasteiger partial charge in [-0.1, -0.05) is 104 Å². The standard InChI is InChI=1S/C40H55N3O4.C15H21NO3.CH4.ClH.HI/c1-5-18-43(19-6-2)40(46)35-21-29(3)20-34(26-35)39(45)42-37(38(44)28-41-27-33-16-11-17-36(24-33)47-4)25-32-15-10-14-31(23-32)22-30-12-8-7-9-13-30;1-4-6-16(7-5-2)14(17)12-8-11(3)9-13(10-12)15(18)19;;;/h10-11,14-17,20-21,23-24,26,30,37-38,41,44H,5-9,12-13,18-19,22,25,27-28H2,1-4H3,(H,42,45);8-10H,4-7H2,1-3H3,(H,18,19);1H4;2*1H/t37?,38-;;;;/m1..../s1. The number of aryl methyl sites for hydroxylation is 2. The molecule has 1 unspecified atom stereocenters. The van der Waals surface area contributed by atoms with E-state index in [0.29, 0.717) is 62.4 Å². The van der Waals surface area contributed by atoms with Crippen LogP contribution in [0.25, 0.3) is 0 Å². The highest BCUT2D eigenvalue weighted by Crippen LogP contribution is 2.27. The summed E-state index contributed by atoms with van der Waals surface area (Å²) in [7, 11) is 1.65. The number of aromatic carboxylic acids is 1. The normalized spacial score (nSPS) is 12.9. The molecule has 1 aliphatic carbocycles. The van der Waals surface area contributed by atoms with Gasteiger partial charge in [0, 0.05) is 56.0 Å². The third-order valence-electron chi connectivity index (χ3n) is 12.0. The molecule has 382 valence electrons. The molecule has 0 aromatic heterocycles. The minimum Gasteiger partial charge on any atom is -0.497 e. The largest absolute Gasteiger partial charge is 0.497 e. The third kappa shape index (κ3) is 20.8. The molecule has 5 rings (SSSR count). The van der Waals surface area contributed by atoms with Crippen LogP contribution < -0.4 is 15.4 Å². The van der Waals surface area contributed by atoms with Crippen molar-refractivity contribution >= 4 is 60.1 Å². The zero-order valence-electron chi connectivity index (χ0n) is 41.5. The fraction of sp³-hybridized carbons (Fsp3) is 0.500. The topological polar surface area (TPSA) is 149 Å². The molecule has 11 nitrogen and oxygen atoms in total. The van der Waals surface area contributed by atoms with E-state index in [-0.39, 0.29) is 67.1 Å². The Balaban J connectivity index is 0.000000915. The molecule has 4 N–H and O–H groups in total. The van der Waals surface area contributed by atoms with E-state index in [1.165, 1.54) is 43.7 Å². The first-order valence-corrected chi connectivity index (χ1v) is 24.2. The molecule has 0 aliphatic heterocycles. The zero-order valence-corrected chi connectivity index (χ0v) is 44.6. The smallest absolute Gasteiger partial charge is 0.335 e. The highest BCUT2D eigenvalue weighted by atomic mass is 127. The lowest BCUT2D eigenvalue weighted by molar-refractivity contribution is 0.0695. The molecule has 0 spiro atoms. The van der Waals surface area contributed by atoms with Gasteiger partial charge in [0.2, 0.25) is 0 Å². The number of benzene rings is 4. The van der Waals surface area contributed by atoms with Crippen molar-refractivity contribution in [2.24, 2.45) is 5.92 Å². The van der Waals surface area contributed by atoms with Crippen LogP contribution in [0, 0.1) is 19.8 Å². The van der Waals surface area contributed by atoms with E-state index in [0.717, 1.165) is 66.0 Å². The number of amides is 3. The van der Waals surface area contributed by atoms with E-state index in [1.54, 1.807) is 37.1 Å². The van der Waals surface area contributed by atoms with Gasteiger partial charge in [-0.2, -0.15) is 0 Å². The molecule has 3 amide bonds. The number of aliphatic hydroxyl groups is 1. The highest BCUT2D eigenvalue weighted by Gasteiger charge is 2.25. The van der Waals surface area contributed by atoms with Crippen LogP contribution in [0.2, 0.25) is 0 Å². The van der Waals surface area contributed by atoms with Crippen LogP contribution in [0.15, 0.2) is 84.9 Å². The maximum absolute atomic E-state index is 13.8. The van der Waals surface area contributed by atoms with Crippen molar-refractivity contribution in [2.45, 2.75) is 138 Å². The number of methoxy groups -OCH3 is 1. The van der Waals surface area contributed by atoms with Crippen LogP contribution in [-0.4, -0.2) is 95.7 Å². The quantitative estimate of drug-likeness (QED) is 0.0537. The van der Waals surface area contributed by atoms with Gasteiger partial charge in [-0.15, -0.1) is 36.4 Å². The third-order valence-corrected chi connectivity index (χ3v) is 12.0. The molecule has 4 aromatic rings. The molecular weight excluding hydrogens is 1000 g/mol. The highest BCUT2D eigenvalue weighted by molar-refractivity contribution is 14.0. The molecule has 69 heavy (non-hydrogen) atoms. The molecule has 13 heteroatoms. The van der Waals surface area contributed by atoms with Crippen molar-refractivity contribution in [3.8, 4) is 5.75 Å². The summed E-state index contributed by atoms with van der Waals surface area (Å²) in [4.78, 5) is 54.3. The summed E-state index contributed by atoms with van der Waals surface area (Å²) in [5.74, 6) is 0.0662. The Bertz CT molecular complexity index is 2170. The number of ether oxygens (including phenoxy) is 1. The fourth-order valence-corrected chi connectivity index (χ4v) is 8.83. The minimum absolute atomic E-state index is 0. The number of rotatable bonds is 23.